The molecule has 6 heteroatoms. The summed E-state index contributed by atoms with van der Waals surface area (Å²) in [5, 5.41) is 0. The topological polar surface area (TPSA) is 59.2 Å². The molecule has 4 nitrogen and oxygen atoms in total. The monoisotopic (exact) mass is 357 g/mol. The van der Waals surface area contributed by atoms with Gasteiger partial charge < -0.3 is 9.72 Å². The molecule has 0 aliphatic carbocycles. The summed E-state index contributed by atoms with van der Waals surface area (Å²) < 4.78 is 6.20. The van der Waals surface area contributed by atoms with Crippen LogP contribution in [0.5, 0.6) is 5.75 Å². The fraction of sp³-hybridized carbons (Fsp3) is 0.111. The van der Waals surface area contributed by atoms with Crippen molar-refractivity contribution >= 4 is 40.6 Å². The molecule has 1 aromatic carbocycles. The molecule has 0 bridgehead atoms. The molecule has 1 N–H and O–H groups in total. The summed E-state index contributed by atoms with van der Waals surface area (Å²) in [4.78, 5) is 29.3. The van der Waals surface area contributed by atoms with Gasteiger partial charge in [0.15, 0.2) is 5.78 Å². The number of aromatic nitrogens is 1. The number of nitrogens with one attached hydrogen (secondary N) is 1. The van der Waals surface area contributed by atoms with Crippen LogP contribution in [0.2, 0.25) is 0 Å². The van der Waals surface area contributed by atoms with Gasteiger partial charge >= 0.3 is 0 Å². The van der Waals surface area contributed by atoms with Gasteiger partial charge in [0.05, 0.1) is 16.3 Å². The Kier molecular flexibility index (Phi) is 4.78. The number of aromatic amines is 1. The quantitative estimate of drug-likeness (QED) is 0.729. The third-order valence-electron chi connectivity index (χ3n) is 3.35. The molecule has 2 heterocycles. The predicted molar refractivity (Wildman–Crippen MR) is 98.6 cm³/mol. The number of hydrogen-bond donors (Lipinski definition) is 1. The maximum absolute atomic E-state index is 12.3. The molecule has 0 saturated carbocycles. The van der Waals surface area contributed by atoms with E-state index in [4.69, 9.17) is 4.74 Å². The van der Waals surface area contributed by atoms with Gasteiger partial charge in [0.1, 0.15) is 5.75 Å². The number of ether oxygens (including phenoxy) is 1. The van der Waals surface area contributed by atoms with Crippen LogP contribution in [0.1, 0.15) is 20.1 Å². The Balaban J connectivity index is 1.93. The van der Waals surface area contributed by atoms with Crippen molar-refractivity contribution in [3.63, 3.8) is 0 Å². The van der Waals surface area contributed by atoms with Crippen LogP contribution >= 0.6 is 22.7 Å². The van der Waals surface area contributed by atoms with E-state index < -0.39 is 0 Å². The predicted octanol–water partition coefficient (Wildman–Crippen LogP) is 2.31. The van der Waals surface area contributed by atoms with E-state index in [9.17, 15) is 9.59 Å². The lowest BCUT2D eigenvalue weighted by molar-refractivity contribution is 0.106. The number of H-pyrrole nitrogens is 1. The average molecular weight is 357 g/mol. The molecule has 0 fully saturated rings. The summed E-state index contributed by atoms with van der Waals surface area (Å²) in [6.45, 7) is 2.02. The number of Topliss-reactive ketones (excluding diaryl/α,β-unsaturated/α-hetero) is 1. The minimum atomic E-state index is -0.181. The molecule has 0 aliphatic heterocycles. The van der Waals surface area contributed by atoms with E-state index in [0.29, 0.717) is 20.5 Å². The van der Waals surface area contributed by atoms with E-state index in [1.807, 2.05) is 25.1 Å². The van der Waals surface area contributed by atoms with Gasteiger partial charge in [0.2, 0.25) is 0 Å². The minimum Gasteiger partial charge on any atom is -0.497 e. The molecule has 3 aromatic rings. The fourth-order valence-electron chi connectivity index (χ4n) is 2.14. The highest BCUT2D eigenvalue weighted by molar-refractivity contribution is 7.13. The van der Waals surface area contributed by atoms with Crippen molar-refractivity contribution in [1.29, 1.82) is 0 Å². The van der Waals surface area contributed by atoms with E-state index in [-0.39, 0.29) is 11.3 Å². The Bertz CT molecular complexity index is 1040. The van der Waals surface area contributed by atoms with Crippen molar-refractivity contribution < 1.29 is 9.53 Å². The number of thiazole rings is 1. The van der Waals surface area contributed by atoms with Gasteiger partial charge in [-0.25, -0.2) is 0 Å². The summed E-state index contributed by atoms with van der Waals surface area (Å²) in [7, 11) is 1.58. The number of carbonyl (C=O) groups excluding carboxylic acids is 1. The Morgan fingerprint density at radius 2 is 1.88 bits per heavy atom. The van der Waals surface area contributed by atoms with Gasteiger partial charge in [-0.2, -0.15) is 0 Å². The molecule has 3 rings (SSSR count). The first-order chi connectivity index (χ1) is 11.5. The van der Waals surface area contributed by atoms with Crippen LogP contribution < -0.4 is 19.5 Å². The zero-order chi connectivity index (χ0) is 17.1. The second-order valence-corrected chi connectivity index (χ2v) is 7.52. The van der Waals surface area contributed by atoms with Crippen LogP contribution in [0.3, 0.4) is 0 Å². The van der Waals surface area contributed by atoms with Crippen molar-refractivity contribution in [3.05, 3.63) is 71.3 Å². The highest BCUT2D eigenvalue weighted by Gasteiger charge is 2.04. The third kappa shape index (κ3) is 3.72. The number of aryl methyl sites for hydroxylation is 1. The first-order valence-corrected chi connectivity index (χ1v) is 8.86. The van der Waals surface area contributed by atoms with Crippen molar-refractivity contribution in [1.82, 2.24) is 4.98 Å². The Morgan fingerprint density at radius 1 is 1.12 bits per heavy atom. The number of thiophene rings is 1. The van der Waals surface area contributed by atoms with E-state index in [1.54, 1.807) is 42.7 Å². The highest BCUT2D eigenvalue weighted by atomic mass is 32.1. The van der Waals surface area contributed by atoms with Gasteiger partial charge in [-0.05, 0) is 49.4 Å². The summed E-state index contributed by atoms with van der Waals surface area (Å²) in [5.41, 5.74) is 0.365. The number of methoxy groups -OCH3 is 1. The lowest BCUT2D eigenvalue weighted by Crippen LogP contribution is -2.19. The Labute approximate surface area is 146 Å². The Morgan fingerprint density at radius 3 is 2.50 bits per heavy atom. The molecule has 2 aromatic heterocycles. The van der Waals surface area contributed by atoms with Gasteiger partial charge in [0.25, 0.3) is 5.56 Å². The van der Waals surface area contributed by atoms with Crippen molar-refractivity contribution in [3.8, 4) is 5.75 Å². The van der Waals surface area contributed by atoms with Crippen LogP contribution in [0.15, 0.2) is 41.2 Å². The number of hydrogen-bond acceptors (Lipinski definition) is 5. The first-order valence-electron chi connectivity index (χ1n) is 7.22. The first kappa shape index (κ1) is 16.4. The number of carbonyl (C=O) groups is 1. The van der Waals surface area contributed by atoms with Crippen LogP contribution in [0.4, 0.5) is 0 Å². The maximum Gasteiger partial charge on any atom is 0.266 e. The molecule has 24 heavy (non-hydrogen) atoms. The van der Waals surface area contributed by atoms with Gasteiger partial charge in [0, 0.05) is 21.4 Å². The summed E-state index contributed by atoms with van der Waals surface area (Å²) >= 11 is 2.90. The van der Waals surface area contributed by atoms with Gasteiger partial charge in [-0.15, -0.1) is 22.7 Å². The molecule has 0 spiro atoms. The summed E-state index contributed by atoms with van der Waals surface area (Å²) in [6, 6.07) is 10.9. The standard InChI is InChI=1S/C18H15NO3S2/c1-11-3-8-14(23-11)9-16-18(21)19-17(24-16)10-15(20)12-4-6-13(22-2)7-5-12/h3-10H,1-2H3,(H,19,21)/b16-9+,17-10+. The highest BCUT2D eigenvalue weighted by Crippen LogP contribution is 2.15. The van der Waals surface area contributed by atoms with E-state index >= 15 is 0 Å². The number of benzene rings is 1. The third-order valence-corrected chi connectivity index (χ3v) is 5.26. The van der Waals surface area contributed by atoms with Gasteiger partial charge in [-0.3, -0.25) is 9.59 Å². The van der Waals surface area contributed by atoms with Crippen LogP contribution in [0.25, 0.3) is 12.2 Å². The molecule has 122 valence electrons. The number of ketones is 1. The molecule has 0 aliphatic rings. The largest absolute Gasteiger partial charge is 0.497 e. The zero-order valence-electron chi connectivity index (χ0n) is 13.2. The van der Waals surface area contributed by atoms with Crippen LogP contribution in [0, 0.1) is 6.92 Å². The smallest absolute Gasteiger partial charge is 0.266 e. The lowest BCUT2D eigenvalue weighted by Gasteiger charge is -1.99. The maximum atomic E-state index is 12.3. The lowest BCUT2D eigenvalue weighted by atomic mass is 10.1. The SMILES string of the molecule is COc1ccc(C(=O)/C=c2\[nH]c(=O)/c(=C\c3ccc(C)s3)s2)cc1. The second kappa shape index (κ2) is 6.98. The molecule has 0 atom stereocenters. The van der Waals surface area contributed by atoms with E-state index in [2.05, 4.69) is 4.98 Å². The molecular weight excluding hydrogens is 342 g/mol. The normalized spacial score (nSPS) is 12.6. The van der Waals surface area contributed by atoms with Crippen molar-refractivity contribution in [2.75, 3.05) is 7.11 Å². The molecule has 0 unspecified atom stereocenters. The molecule has 0 saturated heterocycles. The zero-order valence-corrected chi connectivity index (χ0v) is 14.8. The Hall–Kier alpha value is -2.44. The minimum absolute atomic E-state index is 0.159. The summed E-state index contributed by atoms with van der Waals surface area (Å²) in [5.74, 6) is 0.535. The molecule has 0 amide bonds. The molecular formula is C18H15NO3S2. The van der Waals surface area contributed by atoms with Crippen molar-refractivity contribution in [2.24, 2.45) is 0 Å². The van der Waals surface area contributed by atoms with E-state index in [1.165, 1.54) is 22.3 Å². The fourth-order valence-corrected chi connectivity index (χ4v) is 3.91. The number of rotatable bonds is 4. The molecule has 0 radical (unpaired) electrons. The van der Waals surface area contributed by atoms with Gasteiger partial charge in [-0.1, -0.05) is 0 Å². The second-order valence-electron chi connectivity index (χ2n) is 5.11. The average Bonchev–Trinajstić information content (AvgIpc) is 3.13. The van der Waals surface area contributed by atoms with Crippen LogP contribution in [-0.4, -0.2) is 17.9 Å². The van der Waals surface area contributed by atoms with Crippen LogP contribution in [-0.2, 0) is 0 Å². The van der Waals surface area contributed by atoms with E-state index in [0.717, 1.165) is 4.88 Å². The van der Waals surface area contributed by atoms with Crippen molar-refractivity contribution in [2.45, 2.75) is 6.92 Å². The summed E-state index contributed by atoms with van der Waals surface area (Å²) in [6.07, 6.45) is 3.29.